The number of guanidine groups is 1. The minimum atomic E-state index is -3.95. The first-order valence-electron chi connectivity index (χ1n) is 6.45. The van der Waals surface area contributed by atoms with Crippen molar-refractivity contribution >= 4 is 31.7 Å². The van der Waals surface area contributed by atoms with E-state index in [1.165, 1.54) is 24.3 Å². The zero-order valence-corrected chi connectivity index (χ0v) is 14.7. The molecule has 0 aromatic heterocycles. The van der Waals surface area contributed by atoms with Gasteiger partial charge in [-0.2, -0.15) is 3.71 Å². The molecule has 0 fully saturated rings. The van der Waals surface area contributed by atoms with Crippen molar-refractivity contribution in [2.24, 2.45) is 10.7 Å². The Bertz CT molecular complexity index is 725. The monoisotopic (exact) mass is 364 g/mol. The van der Waals surface area contributed by atoms with Gasteiger partial charge in [0, 0.05) is 7.05 Å². The van der Waals surface area contributed by atoms with Gasteiger partial charge in [0.1, 0.15) is 12.4 Å². The van der Waals surface area contributed by atoms with E-state index in [2.05, 4.69) is 10.3 Å². The molecule has 0 saturated carbocycles. The molecule has 130 valence electrons. The SMILES string of the molecule is CN=C(N)NCCOc1ccc(N(S(C)(=O)=O)S(C)(=O)=O)cc1. The summed E-state index contributed by atoms with van der Waals surface area (Å²) in [5, 5.41) is 2.81. The van der Waals surface area contributed by atoms with Crippen LogP contribution in [0, 0.1) is 0 Å². The molecule has 0 atom stereocenters. The second-order valence-corrected chi connectivity index (χ2v) is 8.49. The Labute approximate surface area is 136 Å². The van der Waals surface area contributed by atoms with E-state index in [-0.39, 0.29) is 5.69 Å². The van der Waals surface area contributed by atoms with Crippen molar-refractivity contribution in [2.75, 3.05) is 36.4 Å². The van der Waals surface area contributed by atoms with Crippen LogP contribution < -0.4 is 19.5 Å². The number of sulfonamides is 2. The Morgan fingerprint density at radius 1 is 1.17 bits per heavy atom. The molecule has 0 amide bonds. The van der Waals surface area contributed by atoms with Crippen LogP contribution in [0.2, 0.25) is 0 Å². The van der Waals surface area contributed by atoms with Crippen LogP contribution >= 0.6 is 0 Å². The maximum Gasteiger partial charge on any atom is 0.245 e. The number of ether oxygens (including phenoxy) is 1. The van der Waals surface area contributed by atoms with Gasteiger partial charge in [-0.15, -0.1) is 0 Å². The largest absolute Gasteiger partial charge is 0.492 e. The van der Waals surface area contributed by atoms with Crippen molar-refractivity contribution in [3.8, 4) is 5.75 Å². The Hall–Kier alpha value is -2.01. The second-order valence-electron chi connectivity index (χ2n) is 4.60. The summed E-state index contributed by atoms with van der Waals surface area (Å²) in [6.07, 6.45) is 1.65. The predicted molar refractivity (Wildman–Crippen MR) is 89.7 cm³/mol. The minimum absolute atomic E-state index is 0.0165. The lowest BCUT2D eigenvalue weighted by molar-refractivity contribution is 0.322. The van der Waals surface area contributed by atoms with Crippen LogP contribution in [0.3, 0.4) is 0 Å². The third-order valence-electron chi connectivity index (χ3n) is 2.57. The zero-order chi connectivity index (χ0) is 17.7. The summed E-state index contributed by atoms with van der Waals surface area (Å²) in [7, 11) is -6.36. The highest BCUT2D eigenvalue weighted by Crippen LogP contribution is 2.23. The first-order chi connectivity index (χ1) is 10.6. The van der Waals surface area contributed by atoms with E-state index in [0.29, 0.717) is 28.6 Å². The lowest BCUT2D eigenvalue weighted by Crippen LogP contribution is -2.35. The molecule has 11 heteroatoms. The smallest absolute Gasteiger partial charge is 0.245 e. The standard InChI is InChI=1S/C12H20N4O5S2/c1-14-12(13)15-8-9-21-11-6-4-10(5-7-11)16(22(2,17)18)23(3,19)20/h4-7H,8-9H2,1-3H3,(H3,13,14,15). The molecule has 0 heterocycles. The van der Waals surface area contributed by atoms with Crippen LogP contribution in [-0.2, 0) is 20.0 Å². The van der Waals surface area contributed by atoms with Crippen LogP contribution in [0.4, 0.5) is 5.69 Å². The maximum atomic E-state index is 11.7. The van der Waals surface area contributed by atoms with E-state index in [1.54, 1.807) is 7.05 Å². The first kappa shape index (κ1) is 19.0. The zero-order valence-electron chi connectivity index (χ0n) is 13.1. The van der Waals surface area contributed by atoms with Gasteiger partial charge in [-0.1, -0.05) is 0 Å². The van der Waals surface area contributed by atoms with Gasteiger partial charge in [0.2, 0.25) is 20.0 Å². The Morgan fingerprint density at radius 2 is 1.70 bits per heavy atom. The highest BCUT2D eigenvalue weighted by Gasteiger charge is 2.26. The lowest BCUT2D eigenvalue weighted by Gasteiger charge is -2.19. The summed E-state index contributed by atoms with van der Waals surface area (Å²) in [6, 6.07) is 5.67. The number of nitrogens with zero attached hydrogens (tertiary/aromatic N) is 2. The van der Waals surface area contributed by atoms with E-state index in [0.717, 1.165) is 12.5 Å². The number of anilines is 1. The van der Waals surface area contributed by atoms with Crippen LogP contribution in [0.1, 0.15) is 0 Å². The fraction of sp³-hybridized carbons (Fsp3) is 0.417. The summed E-state index contributed by atoms with van der Waals surface area (Å²) < 4.78 is 52.4. The molecule has 1 aromatic rings. The Kier molecular flexibility index (Phi) is 6.21. The number of hydrogen-bond acceptors (Lipinski definition) is 6. The molecular weight excluding hydrogens is 344 g/mol. The summed E-state index contributed by atoms with van der Waals surface area (Å²) in [5.74, 6) is 0.755. The quantitative estimate of drug-likeness (QED) is 0.372. The summed E-state index contributed by atoms with van der Waals surface area (Å²) in [5.41, 5.74) is 5.47. The topological polar surface area (TPSA) is 131 Å². The third kappa shape index (κ3) is 5.94. The molecule has 9 nitrogen and oxygen atoms in total. The Balaban J connectivity index is 2.80. The fourth-order valence-electron chi connectivity index (χ4n) is 1.72. The van der Waals surface area contributed by atoms with Crippen molar-refractivity contribution in [1.29, 1.82) is 0 Å². The Morgan fingerprint density at radius 3 is 2.13 bits per heavy atom. The molecule has 1 rings (SSSR count). The molecule has 1 aromatic carbocycles. The van der Waals surface area contributed by atoms with Crippen molar-refractivity contribution in [3.05, 3.63) is 24.3 Å². The van der Waals surface area contributed by atoms with Gasteiger partial charge in [0.15, 0.2) is 5.96 Å². The van der Waals surface area contributed by atoms with Gasteiger partial charge in [-0.3, -0.25) is 4.99 Å². The van der Waals surface area contributed by atoms with Crippen LogP contribution in [0.5, 0.6) is 5.75 Å². The van der Waals surface area contributed by atoms with Gasteiger partial charge in [0.25, 0.3) is 0 Å². The molecule has 0 aliphatic rings. The second kappa shape index (κ2) is 7.51. The van der Waals surface area contributed by atoms with Gasteiger partial charge in [-0.05, 0) is 24.3 Å². The predicted octanol–water partition coefficient (Wildman–Crippen LogP) is -0.675. The molecule has 0 bridgehead atoms. The molecule has 23 heavy (non-hydrogen) atoms. The minimum Gasteiger partial charge on any atom is -0.492 e. The highest BCUT2D eigenvalue weighted by atomic mass is 32.3. The molecule has 0 radical (unpaired) electrons. The normalized spacial score (nSPS) is 12.7. The molecule has 0 saturated heterocycles. The van der Waals surface area contributed by atoms with Crippen LogP contribution in [0.15, 0.2) is 29.3 Å². The number of nitrogens with two attached hydrogens (primary N) is 1. The third-order valence-corrected chi connectivity index (χ3v) is 5.82. The number of aliphatic imine (C=N–C) groups is 1. The lowest BCUT2D eigenvalue weighted by atomic mass is 10.3. The average molecular weight is 364 g/mol. The van der Waals surface area contributed by atoms with Crippen molar-refractivity contribution in [1.82, 2.24) is 5.32 Å². The van der Waals surface area contributed by atoms with E-state index in [4.69, 9.17) is 10.5 Å². The number of nitrogens with one attached hydrogen (secondary N) is 1. The van der Waals surface area contributed by atoms with Crippen molar-refractivity contribution in [2.45, 2.75) is 0 Å². The average Bonchev–Trinajstić information content (AvgIpc) is 2.42. The molecular formula is C12H20N4O5S2. The molecule has 0 unspecified atom stereocenters. The van der Waals surface area contributed by atoms with Gasteiger partial charge < -0.3 is 15.8 Å². The number of benzene rings is 1. The molecule has 3 N–H and O–H groups in total. The molecule has 0 spiro atoms. The van der Waals surface area contributed by atoms with E-state index < -0.39 is 20.0 Å². The fourth-order valence-corrected chi connectivity index (χ4v) is 4.70. The first-order valence-corrected chi connectivity index (χ1v) is 10.1. The number of rotatable bonds is 7. The number of hydrogen-bond donors (Lipinski definition) is 2. The molecule has 0 aliphatic carbocycles. The van der Waals surface area contributed by atoms with E-state index in [1.807, 2.05) is 0 Å². The van der Waals surface area contributed by atoms with E-state index >= 15 is 0 Å². The van der Waals surface area contributed by atoms with Crippen LogP contribution in [-0.4, -0.2) is 55.5 Å². The van der Waals surface area contributed by atoms with Gasteiger partial charge in [0.05, 0.1) is 24.7 Å². The van der Waals surface area contributed by atoms with Crippen molar-refractivity contribution < 1.29 is 21.6 Å². The van der Waals surface area contributed by atoms with Gasteiger partial charge in [-0.25, -0.2) is 16.8 Å². The highest BCUT2D eigenvalue weighted by molar-refractivity contribution is 8.09. The van der Waals surface area contributed by atoms with Crippen LogP contribution in [0.25, 0.3) is 0 Å². The molecule has 0 aliphatic heterocycles. The summed E-state index contributed by atoms with van der Waals surface area (Å²) in [4.78, 5) is 3.72. The van der Waals surface area contributed by atoms with Crippen molar-refractivity contribution in [3.63, 3.8) is 0 Å². The summed E-state index contributed by atoms with van der Waals surface area (Å²) >= 11 is 0. The van der Waals surface area contributed by atoms with Gasteiger partial charge >= 0.3 is 0 Å². The summed E-state index contributed by atoms with van der Waals surface area (Å²) in [6.45, 7) is 0.737. The maximum absolute atomic E-state index is 11.7. The van der Waals surface area contributed by atoms with E-state index in [9.17, 15) is 16.8 Å².